The summed E-state index contributed by atoms with van der Waals surface area (Å²) in [7, 11) is 0. The first kappa shape index (κ1) is 16.1. The van der Waals surface area contributed by atoms with Crippen molar-refractivity contribution in [2.24, 2.45) is 0 Å². The number of hydrogen-bond donors (Lipinski definition) is 2. The summed E-state index contributed by atoms with van der Waals surface area (Å²) in [5.41, 5.74) is 0.650. The number of hydrogen-bond acceptors (Lipinski definition) is 4. The number of aromatic amines is 1. The van der Waals surface area contributed by atoms with Crippen LogP contribution in [0.1, 0.15) is 78.5 Å². The zero-order valence-electron chi connectivity index (χ0n) is 14.4. The summed E-state index contributed by atoms with van der Waals surface area (Å²) < 4.78 is 5.26. The Kier molecular flexibility index (Phi) is 3.98. The van der Waals surface area contributed by atoms with Crippen LogP contribution in [-0.4, -0.2) is 15.9 Å². The van der Waals surface area contributed by atoms with E-state index in [1.165, 1.54) is 6.26 Å². The Morgan fingerprint density at radius 2 is 2.08 bits per heavy atom. The van der Waals surface area contributed by atoms with Crippen LogP contribution in [0.4, 0.5) is 0 Å². The average Bonchev–Trinajstić information content (AvgIpc) is 3.36. The summed E-state index contributed by atoms with van der Waals surface area (Å²) in [5.74, 6) is 1.42. The highest BCUT2D eigenvalue weighted by atomic mass is 16.3. The number of carbonyl (C=O) groups excluding carboxylic acids is 1. The van der Waals surface area contributed by atoms with Gasteiger partial charge in [0.2, 0.25) is 0 Å². The summed E-state index contributed by atoms with van der Waals surface area (Å²) in [4.78, 5) is 32.6. The quantitative estimate of drug-likeness (QED) is 0.894. The first-order valence-corrected chi connectivity index (χ1v) is 9.06. The maximum Gasteiger partial charge on any atom is 0.255 e. The lowest BCUT2D eigenvalue weighted by Gasteiger charge is -2.37. The summed E-state index contributed by atoms with van der Waals surface area (Å²) >= 11 is 0. The number of aryl methyl sites for hydroxylation is 1. The Morgan fingerprint density at radius 1 is 1.32 bits per heavy atom. The minimum Gasteiger partial charge on any atom is -0.469 e. The van der Waals surface area contributed by atoms with Gasteiger partial charge in [-0.05, 0) is 38.7 Å². The summed E-state index contributed by atoms with van der Waals surface area (Å²) in [6.45, 7) is 1.77. The van der Waals surface area contributed by atoms with Crippen LogP contribution in [0.5, 0.6) is 0 Å². The smallest absolute Gasteiger partial charge is 0.255 e. The lowest BCUT2D eigenvalue weighted by atomic mass is 9.80. The molecule has 0 spiro atoms. The van der Waals surface area contributed by atoms with Gasteiger partial charge < -0.3 is 14.7 Å². The van der Waals surface area contributed by atoms with E-state index in [2.05, 4.69) is 10.3 Å². The minimum absolute atomic E-state index is 0.134. The van der Waals surface area contributed by atoms with Crippen molar-refractivity contribution < 1.29 is 9.21 Å². The molecule has 0 aromatic carbocycles. The van der Waals surface area contributed by atoms with Gasteiger partial charge in [-0.2, -0.15) is 0 Å². The predicted octanol–water partition coefficient (Wildman–Crippen LogP) is 3.14. The van der Waals surface area contributed by atoms with Gasteiger partial charge in [0.05, 0.1) is 23.1 Å². The molecule has 6 heteroatoms. The molecule has 2 heterocycles. The maximum atomic E-state index is 12.8. The van der Waals surface area contributed by atoms with E-state index >= 15 is 0 Å². The molecule has 132 valence electrons. The molecule has 2 fully saturated rings. The number of aromatic nitrogens is 2. The van der Waals surface area contributed by atoms with Crippen molar-refractivity contribution >= 4 is 5.91 Å². The Balaban J connectivity index is 1.71. The van der Waals surface area contributed by atoms with E-state index in [-0.39, 0.29) is 11.5 Å². The van der Waals surface area contributed by atoms with E-state index in [0.717, 1.165) is 50.6 Å². The molecule has 0 aliphatic heterocycles. The van der Waals surface area contributed by atoms with Gasteiger partial charge in [-0.15, -0.1) is 0 Å². The van der Waals surface area contributed by atoms with E-state index < -0.39 is 5.54 Å². The van der Waals surface area contributed by atoms with Crippen molar-refractivity contribution in [2.45, 2.75) is 63.3 Å². The second-order valence-electron chi connectivity index (χ2n) is 7.28. The number of furan rings is 1. The van der Waals surface area contributed by atoms with Crippen LogP contribution in [-0.2, 0) is 5.54 Å². The van der Waals surface area contributed by atoms with Crippen molar-refractivity contribution in [3.63, 3.8) is 0 Å². The summed E-state index contributed by atoms with van der Waals surface area (Å²) in [6.07, 6.45) is 8.40. The van der Waals surface area contributed by atoms with Crippen LogP contribution in [0.15, 0.2) is 27.6 Å². The van der Waals surface area contributed by atoms with Gasteiger partial charge in [-0.25, -0.2) is 4.98 Å². The SMILES string of the molecule is Cc1occc1C(=O)NC1(c2nc(C3CC3)cc(=O)[nH]2)CCCCC1. The monoisotopic (exact) mass is 341 g/mol. The van der Waals surface area contributed by atoms with Gasteiger partial charge in [0.1, 0.15) is 11.6 Å². The maximum absolute atomic E-state index is 12.8. The van der Waals surface area contributed by atoms with Crippen molar-refractivity contribution in [2.75, 3.05) is 0 Å². The predicted molar refractivity (Wildman–Crippen MR) is 92.5 cm³/mol. The van der Waals surface area contributed by atoms with E-state index in [1.54, 1.807) is 19.1 Å². The molecule has 0 radical (unpaired) electrons. The molecule has 2 aromatic heterocycles. The van der Waals surface area contributed by atoms with E-state index in [0.29, 0.717) is 23.1 Å². The highest BCUT2D eigenvalue weighted by molar-refractivity contribution is 5.95. The zero-order chi connectivity index (χ0) is 17.4. The topological polar surface area (TPSA) is 88.0 Å². The molecule has 2 saturated carbocycles. The normalized spacial score (nSPS) is 19.6. The highest BCUT2D eigenvalue weighted by Gasteiger charge is 2.39. The Bertz CT molecular complexity index is 842. The van der Waals surface area contributed by atoms with Gasteiger partial charge in [-0.3, -0.25) is 9.59 Å². The zero-order valence-corrected chi connectivity index (χ0v) is 14.4. The number of nitrogens with one attached hydrogen (secondary N) is 2. The Morgan fingerprint density at radius 3 is 2.72 bits per heavy atom. The largest absolute Gasteiger partial charge is 0.469 e. The molecule has 0 bridgehead atoms. The molecule has 0 saturated heterocycles. The molecule has 1 amide bonds. The highest BCUT2D eigenvalue weighted by Crippen LogP contribution is 2.40. The fourth-order valence-electron chi connectivity index (χ4n) is 3.77. The number of nitrogens with zero attached hydrogens (tertiary/aromatic N) is 1. The van der Waals surface area contributed by atoms with E-state index in [1.807, 2.05) is 0 Å². The van der Waals surface area contributed by atoms with Crippen molar-refractivity contribution in [1.82, 2.24) is 15.3 Å². The third-order valence-corrected chi connectivity index (χ3v) is 5.37. The number of amides is 1. The molecule has 0 unspecified atom stereocenters. The number of carbonyl (C=O) groups is 1. The van der Waals surface area contributed by atoms with Gasteiger partial charge in [0.25, 0.3) is 11.5 Å². The van der Waals surface area contributed by atoms with Crippen LogP contribution < -0.4 is 10.9 Å². The van der Waals surface area contributed by atoms with Gasteiger partial charge in [0.15, 0.2) is 0 Å². The van der Waals surface area contributed by atoms with E-state index in [4.69, 9.17) is 9.40 Å². The molecular weight excluding hydrogens is 318 g/mol. The lowest BCUT2D eigenvalue weighted by molar-refractivity contribution is 0.0855. The second-order valence-corrected chi connectivity index (χ2v) is 7.28. The second kappa shape index (κ2) is 6.17. The summed E-state index contributed by atoms with van der Waals surface area (Å²) in [6, 6.07) is 3.28. The molecule has 6 nitrogen and oxygen atoms in total. The fraction of sp³-hybridized carbons (Fsp3) is 0.526. The minimum atomic E-state index is -0.608. The Hall–Kier alpha value is -2.37. The Labute approximate surface area is 146 Å². The molecule has 2 aromatic rings. The van der Waals surface area contributed by atoms with Crippen LogP contribution >= 0.6 is 0 Å². The van der Waals surface area contributed by atoms with Crippen LogP contribution in [0.3, 0.4) is 0 Å². The molecule has 2 N–H and O–H groups in total. The van der Waals surface area contributed by atoms with E-state index in [9.17, 15) is 9.59 Å². The van der Waals surface area contributed by atoms with Gasteiger partial charge >= 0.3 is 0 Å². The van der Waals surface area contributed by atoms with Gasteiger partial charge in [0, 0.05) is 12.0 Å². The fourth-order valence-corrected chi connectivity index (χ4v) is 3.77. The third-order valence-electron chi connectivity index (χ3n) is 5.37. The standard InChI is InChI=1S/C19H23N3O3/c1-12-14(7-10-25-12)17(24)22-19(8-3-2-4-9-19)18-20-15(13-5-6-13)11-16(23)21-18/h7,10-11,13H,2-6,8-9H2,1H3,(H,22,24)(H,20,21,23). The molecule has 25 heavy (non-hydrogen) atoms. The number of rotatable bonds is 4. The first-order chi connectivity index (χ1) is 12.1. The van der Waals surface area contributed by atoms with Crippen LogP contribution in [0.25, 0.3) is 0 Å². The third kappa shape index (κ3) is 3.13. The number of H-pyrrole nitrogens is 1. The van der Waals surface area contributed by atoms with Crippen molar-refractivity contribution in [3.8, 4) is 0 Å². The molecular formula is C19H23N3O3. The molecule has 2 aliphatic rings. The molecule has 0 atom stereocenters. The molecule has 2 aliphatic carbocycles. The van der Waals surface area contributed by atoms with Crippen molar-refractivity contribution in [3.05, 3.63) is 51.6 Å². The van der Waals surface area contributed by atoms with Gasteiger partial charge in [-0.1, -0.05) is 19.3 Å². The van der Waals surface area contributed by atoms with Crippen LogP contribution in [0, 0.1) is 6.92 Å². The average molecular weight is 341 g/mol. The van der Waals surface area contributed by atoms with Crippen molar-refractivity contribution in [1.29, 1.82) is 0 Å². The first-order valence-electron chi connectivity index (χ1n) is 9.06. The lowest BCUT2D eigenvalue weighted by Crippen LogP contribution is -2.49. The van der Waals surface area contributed by atoms with Crippen LogP contribution in [0.2, 0.25) is 0 Å². The molecule has 4 rings (SSSR count). The summed E-state index contributed by atoms with van der Waals surface area (Å²) in [5, 5.41) is 3.17.